The zero-order valence-electron chi connectivity index (χ0n) is 15.1. The van der Waals surface area contributed by atoms with Gasteiger partial charge in [-0.1, -0.05) is 31.5 Å². The molecule has 0 saturated heterocycles. The molecular formula is C20H26N2O3. The molecule has 2 rings (SSSR count). The lowest BCUT2D eigenvalue weighted by atomic mass is 10.1. The summed E-state index contributed by atoms with van der Waals surface area (Å²) in [6.07, 6.45) is 6.17. The van der Waals surface area contributed by atoms with Crippen LogP contribution < -0.4 is 10.6 Å². The minimum atomic E-state index is -0.300. The molecule has 2 N–H and O–H groups in total. The molecule has 2 amide bonds. The second-order valence-corrected chi connectivity index (χ2v) is 6.31. The van der Waals surface area contributed by atoms with E-state index in [4.69, 9.17) is 4.42 Å². The number of rotatable bonds is 8. The van der Waals surface area contributed by atoms with Gasteiger partial charge in [0.05, 0.1) is 6.54 Å². The third kappa shape index (κ3) is 5.48. The summed E-state index contributed by atoms with van der Waals surface area (Å²) in [5, 5.41) is 6.32. The number of aryl methyl sites for hydroxylation is 1. The van der Waals surface area contributed by atoms with Crippen molar-refractivity contribution in [2.45, 2.75) is 46.1 Å². The minimum absolute atomic E-state index is 0.0316. The van der Waals surface area contributed by atoms with Gasteiger partial charge in [-0.05, 0) is 32.4 Å². The van der Waals surface area contributed by atoms with Crippen molar-refractivity contribution in [2.75, 3.05) is 6.54 Å². The first-order valence-corrected chi connectivity index (χ1v) is 8.77. The second-order valence-electron chi connectivity index (χ2n) is 6.31. The summed E-state index contributed by atoms with van der Waals surface area (Å²) >= 11 is 0. The first-order chi connectivity index (χ1) is 12.0. The fourth-order valence-electron chi connectivity index (χ4n) is 2.58. The molecule has 0 fully saturated rings. The number of carbonyl (C=O) groups excluding carboxylic acids is 2. The average Bonchev–Trinajstić information content (AvgIpc) is 2.93. The number of benzene rings is 1. The third-order valence-corrected chi connectivity index (χ3v) is 3.74. The summed E-state index contributed by atoms with van der Waals surface area (Å²) in [5.41, 5.74) is 1.76. The third-order valence-electron chi connectivity index (χ3n) is 3.74. The van der Waals surface area contributed by atoms with E-state index < -0.39 is 0 Å². The number of para-hydroxylation sites is 1. The fraction of sp³-hybridized carbons (Fsp3) is 0.400. The van der Waals surface area contributed by atoms with Crippen LogP contribution in [0.4, 0.5) is 0 Å². The van der Waals surface area contributed by atoms with Crippen molar-refractivity contribution in [3.63, 3.8) is 0 Å². The van der Waals surface area contributed by atoms with E-state index in [0.717, 1.165) is 41.6 Å². The molecule has 0 spiro atoms. The lowest BCUT2D eigenvalue weighted by Gasteiger charge is -2.08. The first kappa shape index (κ1) is 18.8. The SMILES string of the molecule is CCCCc1oc2ccccc2c1/C=C/C(=O)NCC(=O)NC(C)C. The van der Waals surface area contributed by atoms with Crippen LogP contribution in [-0.2, 0) is 16.0 Å². The van der Waals surface area contributed by atoms with E-state index in [1.807, 2.05) is 38.1 Å². The molecule has 0 aliphatic carbocycles. The van der Waals surface area contributed by atoms with Crippen LogP contribution >= 0.6 is 0 Å². The average molecular weight is 342 g/mol. The van der Waals surface area contributed by atoms with Gasteiger partial charge in [-0.2, -0.15) is 0 Å². The summed E-state index contributed by atoms with van der Waals surface area (Å²) in [4.78, 5) is 23.6. The van der Waals surface area contributed by atoms with Gasteiger partial charge in [-0.15, -0.1) is 0 Å². The summed E-state index contributed by atoms with van der Waals surface area (Å²) < 4.78 is 5.93. The number of fused-ring (bicyclic) bond motifs is 1. The topological polar surface area (TPSA) is 71.3 Å². The lowest BCUT2D eigenvalue weighted by Crippen LogP contribution is -2.39. The van der Waals surface area contributed by atoms with Crippen molar-refractivity contribution < 1.29 is 14.0 Å². The molecular weight excluding hydrogens is 316 g/mol. The van der Waals surface area contributed by atoms with E-state index in [1.165, 1.54) is 6.08 Å². The molecule has 0 aliphatic heterocycles. The van der Waals surface area contributed by atoms with Crippen molar-refractivity contribution in [1.29, 1.82) is 0 Å². The van der Waals surface area contributed by atoms with Crippen molar-refractivity contribution >= 4 is 28.9 Å². The molecule has 1 aromatic carbocycles. The Morgan fingerprint density at radius 2 is 2.00 bits per heavy atom. The Morgan fingerprint density at radius 1 is 1.24 bits per heavy atom. The molecule has 1 aromatic heterocycles. The van der Waals surface area contributed by atoms with E-state index >= 15 is 0 Å². The monoisotopic (exact) mass is 342 g/mol. The Hall–Kier alpha value is -2.56. The summed E-state index contributed by atoms with van der Waals surface area (Å²) in [7, 11) is 0. The Labute approximate surface area is 148 Å². The summed E-state index contributed by atoms with van der Waals surface area (Å²) in [6.45, 7) is 5.85. The number of amides is 2. The van der Waals surface area contributed by atoms with Gasteiger partial charge in [-0.3, -0.25) is 9.59 Å². The predicted molar refractivity (Wildman–Crippen MR) is 100 cm³/mol. The second kappa shape index (κ2) is 9.06. The molecule has 0 bridgehead atoms. The van der Waals surface area contributed by atoms with Gasteiger partial charge < -0.3 is 15.1 Å². The van der Waals surface area contributed by atoms with Crippen LogP contribution in [-0.4, -0.2) is 24.4 Å². The molecule has 2 aromatic rings. The smallest absolute Gasteiger partial charge is 0.244 e. The first-order valence-electron chi connectivity index (χ1n) is 8.77. The highest BCUT2D eigenvalue weighted by molar-refractivity contribution is 5.97. The highest BCUT2D eigenvalue weighted by atomic mass is 16.3. The number of hydrogen-bond donors (Lipinski definition) is 2. The van der Waals surface area contributed by atoms with Crippen LogP contribution in [0.2, 0.25) is 0 Å². The highest BCUT2D eigenvalue weighted by Crippen LogP contribution is 2.28. The van der Waals surface area contributed by atoms with Crippen molar-refractivity contribution in [3.05, 3.63) is 41.7 Å². The van der Waals surface area contributed by atoms with Crippen LogP contribution in [0.15, 0.2) is 34.8 Å². The van der Waals surface area contributed by atoms with Gasteiger partial charge >= 0.3 is 0 Å². The fourth-order valence-corrected chi connectivity index (χ4v) is 2.58. The van der Waals surface area contributed by atoms with Gasteiger partial charge in [0.1, 0.15) is 11.3 Å². The Kier molecular flexibility index (Phi) is 6.81. The minimum Gasteiger partial charge on any atom is -0.460 e. The molecule has 0 saturated carbocycles. The molecule has 134 valence electrons. The van der Waals surface area contributed by atoms with Crippen LogP contribution in [0, 0.1) is 0 Å². The maximum absolute atomic E-state index is 12.0. The normalized spacial score (nSPS) is 11.4. The van der Waals surface area contributed by atoms with Crippen LogP contribution in [0.3, 0.4) is 0 Å². The molecule has 0 atom stereocenters. The molecule has 0 unspecified atom stereocenters. The Bertz CT molecular complexity index is 759. The van der Waals surface area contributed by atoms with E-state index in [1.54, 1.807) is 6.08 Å². The Balaban J connectivity index is 2.08. The summed E-state index contributed by atoms with van der Waals surface area (Å²) in [6, 6.07) is 7.86. The summed E-state index contributed by atoms with van der Waals surface area (Å²) in [5.74, 6) is 0.393. The number of carbonyl (C=O) groups is 2. The van der Waals surface area contributed by atoms with E-state index in [9.17, 15) is 9.59 Å². The van der Waals surface area contributed by atoms with Crippen LogP contribution in [0.1, 0.15) is 44.9 Å². The predicted octanol–water partition coefficient (Wildman–Crippen LogP) is 3.43. The highest BCUT2D eigenvalue weighted by Gasteiger charge is 2.11. The molecule has 5 heteroatoms. The number of unbranched alkanes of at least 4 members (excludes halogenated alkanes) is 1. The maximum atomic E-state index is 12.0. The molecule has 0 aliphatic rings. The molecule has 25 heavy (non-hydrogen) atoms. The van der Waals surface area contributed by atoms with Gasteiger partial charge in [0, 0.05) is 29.5 Å². The van der Waals surface area contributed by atoms with Gasteiger partial charge in [0.15, 0.2) is 0 Å². The van der Waals surface area contributed by atoms with Crippen LogP contribution in [0.5, 0.6) is 0 Å². The quantitative estimate of drug-likeness (QED) is 0.722. The van der Waals surface area contributed by atoms with Gasteiger partial charge in [0.2, 0.25) is 11.8 Å². The van der Waals surface area contributed by atoms with Gasteiger partial charge in [0.25, 0.3) is 0 Å². The molecule has 0 radical (unpaired) electrons. The van der Waals surface area contributed by atoms with Gasteiger partial charge in [-0.25, -0.2) is 0 Å². The van der Waals surface area contributed by atoms with E-state index in [-0.39, 0.29) is 24.4 Å². The number of furan rings is 1. The standard InChI is InChI=1S/C20H26N2O3/c1-4-5-9-17-16(15-8-6-7-10-18(15)25-17)11-12-19(23)21-13-20(24)22-14(2)3/h6-8,10-12,14H,4-5,9,13H2,1-3H3,(H,21,23)(H,22,24)/b12-11+. The van der Waals surface area contributed by atoms with Crippen LogP contribution in [0.25, 0.3) is 17.0 Å². The van der Waals surface area contributed by atoms with E-state index in [0.29, 0.717) is 0 Å². The van der Waals surface area contributed by atoms with Crippen molar-refractivity contribution in [3.8, 4) is 0 Å². The maximum Gasteiger partial charge on any atom is 0.244 e. The lowest BCUT2D eigenvalue weighted by molar-refractivity contribution is -0.124. The Morgan fingerprint density at radius 3 is 2.72 bits per heavy atom. The molecule has 5 nitrogen and oxygen atoms in total. The molecule has 1 heterocycles. The zero-order valence-corrected chi connectivity index (χ0v) is 15.1. The number of nitrogens with one attached hydrogen (secondary N) is 2. The number of hydrogen-bond acceptors (Lipinski definition) is 3. The van der Waals surface area contributed by atoms with Crippen molar-refractivity contribution in [2.24, 2.45) is 0 Å². The largest absolute Gasteiger partial charge is 0.460 e. The van der Waals surface area contributed by atoms with Crippen molar-refractivity contribution in [1.82, 2.24) is 10.6 Å². The zero-order chi connectivity index (χ0) is 18.2. The van der Waals surface area contributed by atoms with E-state index in [2.05, 4.69) is 17.6 Å².